The van der Waals surface area contributed by atoms with E-state index in [-0.39, 0.29) is 23.8 Å². The molecule has 1 aliphatic rings. The Balaban J connectivity index is 2.23. The molecule has 0 saturated carbocycles. The van der Waals surface area contributed by atoms with Crippen LogP contribution in [-0.4, -0.2) is 46.3 Å². The number of nitrogens with zero attached hydrogens (tertiary/aromatic N) is 2. The van der Waals surface area contributed by atoms with E-state index in [0.29, 0.717) is 12.8 Å². The molecule has 0 radical (unpaired) electrons. The first-order valence-electron chi connectivity index (χ1n) is 8.38. The van der Waals surface area contributed by atoms with E-state index in [1.165, 1.54) is 11.0 Å². The number of piperidine rings is 1. The van der Waals surface area contributed by atoms with Crippen LogP contribution in [0.1, 0.15) is 33.6 Å². The molecular weight excluding hydrogens is 366 g/mol. The molecule has 10 heteroatoms. The third kappa shape index (κ3) is 5.18. The summed E-state index contributed by atoms with van der Waals surface area (Å²) in [7, 11) is 0. The molecule has 1 amide bonds. The molecule has 150 valence electrons. The van der Waals surface area contributed by atoms with Crippen molar-refractivity contribution >= 4 is 11.8 Å². The van der Waals surface area contributed by atoms with Gasteiger partial charge in [0.2, 0.25) is 0 Å². The number of ether oxygens (including phenoxy) is 2. The normalized spacial score (nSPS) is 20.4. The first-order valence-corrected chi connectivity index (χ1v) is 8.38. The molecule has 0 aromatic heterocycles. The lowest BCUT2D eigenvalue weighted by atomic mass is 9.80. The van der Waals surface area contributed by atoms with Gasteiger partial charge in [0, 0.05) is 31.5 Å². The van der Waals surface area contributed by atoms with Gasteiger partial charge in [0.05, 0.1) is 11.0 Å². The zero-order valence-electron chi connectivity index (χ0n) is 15.2. The quantitative estimate of drug-likeness (QED) is 0.601. The highest BCUT2D eigenvalue weighted by Crippen LogP contribution is 2.37. The number of hydrogen-bond acceptors (Lipinski definition) is 5. The minimum absolute atomic E-state index is 0.0395. The Hall–Kier alpha value is -2.65. The average Bonchev–Trinajstić information content (AvgIpc) is 2.54. The number of nitro groups is 1. The second-order valence-corrected chi connectivity index (χ2v) is 7.39. The van der Waals surface area contributed by atoms with Gasteiger partial charge < -0.3 is 19.5 Å². The van der Waals surface area contributed by atoms with Gasteiger partial charge in [-0.15, -0.1) is 0 Å². The lowest BCUT2D eigenvalue weighted by Crippen LogP contribution is -2.53. The Labute approximate surface area is 154 Å². The number of carbonyl (C=O) groups is 1. The van der Waals surface area contributed by atoms with Crippen molar-refractivity contribution in [1.29, 1.82) is 0 Å². The van der Waals surface area contributed by atoms with E-state index in [4.69, 9.17) is 4.74 Å². The van der Waals surface area contributed by atoms with Crippen molar-refractivity contribution in [3.63, 3.8) is 0 Å². The first kappa shape index (κ1) is 20.7. The van der Waals surface area contributed by atoms with E-state index in [9.17, 15) is 28.8 Å². The van der Waals surface area contributed by atoms with E-state index in [2.05, 4.69) is 4.74 Å². The summed E-state index contributed by atoms with van der Waals surface area (Å²) in [5.41, 5.74) is -0.746. The van der Waals surface area contributed by atoms with Crippen molar-refractivity contribution in [1.82, 2.24) is 4.90 Å². The zero-order valence-corrected chi connectivity index (χ0v) is 15.2. The fraction of sp³-hybridized carbons (Fsp3) is 0.588. The van der Waals surface area contributed by atoms with E-state index >= 15 is 0 Å². The van der Waals surface area contributed by atoms with E-state index in [1.807, 2.05) is 20.8 Å². The molecule has 27 heavy (non-hydrogen) atoms. The van der Waals surface area contributed by atoms with Gasteiger partial charge in [-0.3, -0.25) is 10.1 Å². The predicted molar refractivity (Wildman–Crippen MR) is 91.4 cm³/mol. The van der Waals surface area contributed by atoms with Gasteiger partial charge in [0.15, 0.2) is 11.5 Å². The van der Waals surface area contributed by atoms with Gasteiger partial charge in [0.25, 0.3) is 5.69 Å². The number of carboxylic acid groups (broad SMARTS) is 1. The van der Waals surface area contributed by atoms with Crippen molar-refractivity contribution in [2.75, 3.05) is 6.54 Å². The minimum Gasteiger partial charge on any atom is -0.486 e. The fourth-order valence-corrected chi connectivity index (χ4v) is 3.17. The highest BCUT2D eigenvalue weighted by Gasteiger charge is 2.39. The summed E-state index contributed by atoms with van der Waals surface area (Å²) < 4.78 is 35.4. The number of amides is 1. The number of nitro benzene ring substituents is 1. The molecule has 1 aromatic rings. The Morgan fingerprint density at radius 1 is 1.37 bits per heavy atom. The van der Waals surface area contributed by atoms with Crippen LogP contribution >= 0.6 is 0 Å². The van der Waals surface area contributed by atoms with Crippen molar-refractivity contribution in [3.05, 3.63) is 28.3 Å². The van der Waals surface area contributed by atoms with Gasteiger partial charge in [0.1, 0.15) is 6.10 Å². The molecule has 1 aromatic carbocycles. The number of rotatable bonds is 5. The highest BCUT2D eigenvalue weighted by atomic mass is 19.3. The molecule has 1 saturated heterocycles. The number of hydrogen-bond donors (Lipinski definition) is 1. The Bertz CT molecular complexity index is 707. The standard InChI is InChI=1S/C17H22F2N2O6/c1-17(2,3)14-9-11(6-7-20(14)16(22)23)26-12-5-4-10(21(24)25)8-13(12)27-15(18)19/h4-5,8,11,14-15H,6-7,9H2,1-3H3,(H,22,23). The minimum atomic E-state index is -3.16. The zero-order chi connectivity index (χ0) is 20.4. The lowest BCUT2D eigenvalue weighted by Gasteiger charge is -2.44. The molecule has 1 heterocycles. The second kappa shape index (κ2) is 7.93. The third-order valence-corrected chi connectivity index (χ3v) is 4.45. The van der Waals surface area contributed by atoms with Crippen molar-refractivity contribution < 1.29 is 33.1 Å². The molecule has 1 N–H and O–H groups in total. The maximum Gasteiger partial charge on any atom is 0.407 e. The summed E-state index contributed by atoms with van der Waals surface area (Å²) in [6.07, 6.45) is -0.734. The van der Waals surface area contributed by atoms with Crippen LogP contribution in [0, 0.1) is 15.5 Å². The molecule has 2 atom stereocenters. The predicted octanol–water partition coefficient (Wildman–Crippen LogP) is 4.13. The maximum absolute atomic E-state index is 12.7. The summed E-state index contributed by atoms with van der Waals surface area (Å²) in [6.45, 7) is 2.80. The number of alkyl halides is 2. The molecule has 0 aliphatic carbocycles. The van der Waals surface area contributed by atoms with Crippen LogP contribution < -0.4 is 9.47 Å². The van der Waals surface area contributed by atoms with Crippen LogP contribution in [0.25, 0.3) is 0 Å². The Morgan fingerprint density at radius 2 is 2.04 bits per heavy atom. The van der Waals surface area contributed by atoms with Crippen LogP contribution in [0.5, 0.6) is 11.5 Å². The van der Waals surface area contributed by atoms with Crippen molar-refractivity contribution in [3.8, 4) is 11.5 Å². The number of likely N-dealkylation sites (tertiary alicyclic amines) is 1. The molecule has 0 bridgehead atoms. The lowest BCUT2D eigenvalue weighted by molar-refractivity contribution is -0.385. The largest absolute Gasteiger partial charge is 0.486 e. The number of benzene rings is 1. The molecule has 2 unspecified atom stereocenters. The summed E-state index contributed by atoms with van der Waals surface area (Å²) in [5, 5.41) is 20.2. The Kier molecular flexibility index (Phi) is 6.07. The van der Waals surface area contributed by atoms with Gasteiger partial charge in [-0.05, 0) is 11.5 Å². The Morgan fingerprint density at radius 3 is 2.56 bits per heavy atom. The van der Waals surface area contributed by atoms with Gasteiger partial charge in [-0.1, -0.05) is 20.8 Å². The van der Waals surface area contributed by atoms with Gasteiger partial charge in [-0.2, -0.15) is 8.78 Å². The van der Waals surface area contributed by atoms with Crippen LogP contribution in [0.3, 0.4) is 0 Å². The molecule has 1 aliphatic heterocycles. The number of halogens is 2. The van der Waals surface area contributed by atoms with E-state index in [1.54, 1.807) is 0 Å². The van der Waals surface area contributed by atoms with Crippen LogP contribution in [0.15, 0.2) is 18.2 Å². The molecule has 1 fully saturated rings. The average molecular weight is 388 g/mol. The molecule has 0 spiro atoms. The van der Waals surface area contributed by atoms with Crippen LogP contribution in [0.4, 0.5) is 19.3 Å². The van der Waals surface area contributed by atoms with Gasteiger partial charge in [-0.25, -0.2) is 4.79 Å². The smallest absolute Gasteiger partial charge is 0.407 e. The van der Waals surface area contributed by atoms with Gasteiger partial charge >= 0.3 is 12.7 Å². The summed E-state index contributed by atoms with van der Waals surface area (Å²) in [4.78, 5) is 23.0. The summed E-state index contributed by atoms with van der Waals surface area (Å²) >= 11 is 0. The van der Waals surface area contributed by atoms with Crippen LogP contribution in [-0.2, 0) is 0 Å². The van der Waals surface area contributed by atoms with Crippen LogP contribution in [0.2, 0.25) is 0 Å². The fourth-order valence-electron chi connectivity index (χ4n) is 3.17. The monoisotopic (exact) mass is 388 g/mol. The molecular formula is C17H22F2N2O6. The van der Waals surface area contributed by atoms with Crippen molar-refractivity contribution in [2.24, 2.45) is 5.41 Å². The summed E-state index contributed by atoms with van der Waals surface area (Å²) in [6, 6.07) is 2.91. The summed E-state index contributed by atoms with van der Waals surface area (Å²) in [5.74, 6) is -0.463. The number of non-ortho nitro benzene ring substituents is 1. The van der Waals surface area contributed by atoms with E-state index in [0.717, 1.165) is 12.1 Å². The SMILES string of the molecule is CC(C)(C)C1CC(Oc2ccc([N+](=O)[O-])cc2OC(F)F)CCN1C(=O)O. The second-order valence-electron chi connectivity index (χ2n) is 7.39. The topological polar surface area (TPSA) is 102 Å². The molecule has 2 rings (SSSR count). The van der Waals surface area contributed by atoms with E-state index < -0.39 is 35.2 Å². The van der Waals surface area contributed by atoms with Crippen molar-refractivity contribution in [2.45, 2.75) is 52.4 Å². The molecule has 8 nitrogen and oxygen atoms in total. The maximum atomic E-state index is 12.7. The first-order chi connectivity index (χ1) is 12.5. The third-order valence-electron chi connectivity index (χ3n) is 4.45. The highest BCUT2D eigenvalue weighted by molar-refractivity contribution is 5.65.